The second kappa shape index (κ2) is 9.90. The van der Waals surface area contributed by atoms with E-state index in [2.05, 4.69) is 51.9 Å². The average Bonchev–Trinajstić information content (AvgIpc) is 3.40. The third-order valence-electron chi connectivity index (χ3n) is 5.51. The molecule has 0 bridgehead atoms. The van der Waals surface area contributed by atoms with Gasteiger partial charge in [0.05, 0.1) is 23.4 Å². The molecular formula is C24H27ClN4O2S. The summed E-state index contributed by atoms with van der Waals surface area (Å²) in [5, 5.41) is 4.65. The van der Waals surface area contributed by atoms with E-state index in [1.807, 2.05) is 42.6 Å². The maximum Gasteiger partial charge on any atom is 0.174 e. The molecule has 0 saturated carbocycles. The zero-order chi connectivity index (χ0) is 22.7. The molecule has 0 amide bonds. The SMILES string of the molecule is COCCOc1ccc(N2C(=S)N[C@H](c3ccccn3)[C@@H]2c2cccn2C(C)C)cc1Cl. The van der Waals surface area contributed by atoms with E-state index < -0.39 is 0 Å². The van der Waals surface area contributed by atoms with Gasteiger partial charge in [-0.05, 0) is 68.5 Å². The van der Waals surface area contributed by atoms with Gasteiger partial charge in [0.25, 0.3) is 0 Å². The first-order valence-corrected chi connectivity index (χ1v) is 11.4. The number of benzene rings is 1. The summed E-state index contributed by atoms with van der Waals surface area (Å²) < 4.78 is 13.0. The Kier molecular flexibility index (Phi) is 6.98. The summed E-state index contributed by atoms with van der Waals surface area (Å²) in [6, 6.07) is 16.0. The van der Waals surface area contributed by atoms with Crippen LogP contribution in [0.5, 0.6) is 5.75 Å². The van der Waals surface area contributed by atoms with Crippen molar-refractivity contribution < 1.29 is 9.47 Å². The number of pyridine rings is 1. The number of nitrogens with zero attached hydrogens (tertiary/aromatic N) is 3. The number of anilines is 1. The van der Waals surface area contributed by atoms with Gasteiger partial charge in [0.1, 0.15) is 18.4 Å². The maximum absolute atomic E-state index is 6.57. The van der Waals surface area contributed by atoms with E-state index in [-0.39, 0.29) is 12.1 Å². The van der Waals surface area contributed by atoms with Gasteiger partial charge in [0.15, 0.2) is 5.11 Å². The van der Waals surface area contributed by atoms with Gasteiger partial charge in [-0.1, -0.05) is 17.7 Å². The van der Waals surface area contributed by atoms with Crippen molar-refractivity contribution in [3.8, 4) is 5.75 Å². The predicted octanol–water partition coefficient (Wildman–Crippen LogP) is 5.32. The normalized spacial score (nSPS) is 18.3. The Morgan fingerprint density at radius 3 is 2.69 bits per heavy atom. The highest BCUT2D eigenvalue weighted by molar-refractivity contribution is 7.80. The van der Waals surface area contributed by atoms with Crippen LogP contribution in [-0.4, -0.2) is 35.0 Å². The van der Waals surface area contributed by atoms with E-state index >= 15 is 0 Å². The molecule has 2 atom stereocenters. The minimum Gasteiger partial charge on any atom is -0.490 e. The Balaban J connectivity index is 1.75. The van der Waals surface area contributed by atoms with Gasteiger partial charge in [0.2, 0.25) is 0 Å². The smallest absolute Gasteiger partial charge is 0.174 e. The van der Waals surface area contributed by atoms with Crippen molar-refractivity contribution in [2.75, 3.05) is 25.2 Å². The first-order valence-electron chi connectivity index (χ1n) is 10.6. The van der Waals surface area contributed by atoms with E-state index in [1.165, 1.54) is 0 Å². The lowest BCUT2D eigenvalue weighted by atomic mass is 10.0. The second-order valence-corrected chi connectivity index (χ2v) is 8.68. The Morgan fingerprint density at radius 1 is 1.16 bits per heavy atom. The molecule has 6 nitrogen and oxygen atoms in total. The van der Waals surface area contributed by atoms with Crippen LogP contribution in [0, 0.1) is 0 Å². The molecule has 1 aliphatic rings. The van der Waals surface area contributed by atoms with E-state index in [0.717, 1.165) is 17.1 Å². The summed E-state index contributed by atoms with van der Waals surface area (Å²) in [6.07, 6.45) is 3.92. The molecule has 3 heterocycles. The molecule has 1 N–H and O–H groups in total. The predicted molar refractivity (Wildman–Crippen MR) is 132 cm³/mol. The van der Waals surface area contributed by atoms with Crippen molar-refractivity contribution in [1.82, 2.24) is 14.9 Å². The molecule has 168 valence electrons. The molecule has 4 rings (SSSR count). The second-order valence-electron chi connectivity index (χ2n) is 7.89. The Morgan fingerprint density at radius 2 is 2.00 bits per heavy atom. The minimum absolute atomic E-state index is 0.0915. The third kappa shape index (κ3) is 4.46. The van der Waals surface area contributed by atoms with Gasteiger partial charge in [0, 0.05) is 36.9 Å². The molecule has 1 aliphatic heterocycles. The van der Waals surface area contributed by atoms with Crippen molar-refractivity contribution in [2.45, 2.75) is 32.0 Å². The highest BCUT2D eigenvalue weighted by Crippen LogP contribution is 2.43. The number of nitrogens with one attached hydrogen (secondary N) is 1. The van der Waals surface area contributed by atoms with Crippen molar-refractivity contribution in [2.24, 2.45) is 0 Å². The molecule has 8 heteroatoms. The lowest BCUT2D eigenvalue weighted by molar-refractivity contribution is 0.146. The lowest BCUT2D eigenvalue weighted by Gasteiger charge is -2.30. The fraction of sp³-hybridized carbons (Fsp3) is 0.333. The summed E-state index contributed by atoms with van der Waals surface area (Å²) in [7, 11) is 1.64. The molecule has 2 aromatic heterocycles. The Labute approximate surface area is 199 Å². The number of hydrogen-bond donors (Lipinski definition) is 1. The Bertz CT molecular complexity index is 1070. The van der Waals surface area contributed by atoms with Crippen LogP contribution in [0.25, 0.3) is 0 Å². The summed E-state index contributed by atoms with van der Waals surface area (Å²) in [5.41, 5.74) is 2.98. The van der Waals surface area contributed by atoms with Crippen LogP contribution in [0.1, 0.15) is 43.4 Å². The monoisotopic (exact) mass is 470 g/mol. The fourth-order valence-corrected chi connectivity index (χ4v) is 4.63. The first kappa shape index (κ1) is 22.6. The molecule has 32 heavy (non-hydrogen) atoms. The lowest BCUT2D eigenvalue weighted by Crippen LogP contribution is -2.30. The quantitative estimate of drug-likeness (QED) is 0.355. The largest absolute Gasteiger partial charge is 0.490 e. The number of hydrogen-bond acceptors (Lipinski definition) is 4. The highest BCUT2D eigenvalue weighted by Gasteiger charge is 2.42. The molecule has 0 aliphatic carbocycles. The van der Waals surface area contributed by atoms with Gasteiger partial charge in [-0.25, -0.2) is 0 Å². The molecule has 0 unspecified atom stereocenters. The van der Waals surface area contributed by atoms with Crippen LogP contribution >= 0.6 is 23.8 Å². The first-order chi connectivity index (χ1) is 15.5. The molecular weight excluding hydrogens is 444 g/mol. The summed E-state index contributed by atoms with van der Waals surface area (Å²) in [4.78, 5) is 6.73. The van der Waals surface area contributed by atoms with Gasteiger partial charge in [-0.15, -0.1) is 0 Å². The van der Waals surface area contributed by atoms with Crippen molar-refractivity contribution >= 4 is 34.6 Å². The number of thiocarbonyl (C=S) groups is 1. The molecule has 0 radical (unpaired) electrons. The number of ether oxygens (including phenoxy) is 2. The Hall–Kier alpha value is -2.61. The number of halogens is 1. The molecule has 1 fully saturated rings. The van der Waals surface area contributed by atoms with Gasteiger partial charge in [-0.3, -0.25) is 4.98 Å². The summed E-state index contributed by atoms with van der Waals surface area (Å²) in [6.45, 7) is 5.28. The van der Waals surface area contributed by atoms with Crippen molar-refractivity contribution in [3.63, 3.8) is 0 Å². The zero-order valence-corrected chi connectivity index (χ0v) is 19.9. The van der Waals surface area contributed by atoms with Gasteiger partial charge in [-0.2, -0.15) is 0 Å². The summed E-state index contributed by atoms with van der Waals surface area (Å²) in [5.74, 6) is 0.619. The van der Waals surface area contributed by atoms with Crippen molar-refractivity contribution in [3.05, 3.63) is 77.3 Å². The zero-order valence-electron chi connectivity index (χ0n) is 18.4. The van der Waals surface area contributed by atoms with Gasteiger partial charge >= 0.3 is 0 Å². The molecule has 0 spiro atoms. The van der Waals surface area contributed by atoms with Crippen LogP contribution in [0.15, 0.2) is 60.9 Å². The fourth-order valence-electron chi connectivity index (χ4n) is 4.05. The number of aromatic nitrogens is 2. The third-order valence-corrected chi connectivity index (χ3v) is 6.12. The number of methoxy groups -OCH3 is 1. The molecule has 1 aromatic carbocycles. The van der Waals surface area contributed by atoms with Crippen LogP contribution in [-0.2, 0) is 4.74 Å². The average molecular weight is 471 g/mol. The van der Waals surface area contributed by atoms with E-state index in [4.69, 9.17) is 33.3 Å². The van der Waals surface area contributed by atoms with Crippen LogP contribution in [0.3, 0.4) is 0 Å². The standard InChI is InChI=1S/C24H27ClN4O2S/c1-16(2)28-12-6-8-20(28)23-22(19-7-4-5-11-26-19)27-24(32)29(23)17-9-10-21(18(25)15-17)31-14-13-30-3/h4-12,15-16,22-23H,13-14H2,1-3H3,(H,27,32)/t22-,23+/m1/s1. The minimum atomic E-state index is -0.104. The van der Waals surface area contributed by atoms with E-state index in [1.54, 1.807) is 7.11 Å². The van der Waals surface area contributed by atoms with Crippen molar-refractivity contribution in [1.29, 1.82) is 0 Å². The molecule has 3 aromatic rings. The highest BCUT2D eigenvalue weighted by atomic mass is 35.5. The van der Waals surface area contributed by atoms with Gasteiger partial charge < -0.3 is 24.3 Å². The maximum atomic E-state index is 6.57. The van der Waals surface area contributed by atoms with E-state index in [0.29, 0.717) is 35.1 Å². The molecule has 1 saturated heterocycles. The number of rotatable bonds is 8. The van der Waals surface area contributed by atoms with E-state index in [9.17, 15) is 0 Å². The van der Waals surface area contributed by atoms with Crippen LogP contribution in [0.4, 0.5) is 5.69 Å². The topological polar surface area (TPSA) is 51.6 Å². The van der Waals surface area contributed by atoms with Crippen LogP contribution < -0.4 is 15.0 Å². The van der Waals surface area contributed by atoms with Crippen LogP contribution in [0.2, 0.25) is 5.02 Å². The summed E-state index contributed by atoms with van der Waals surface area (Å²) >= 11 is 12.4.